The number of nitrogens with one attached hydrogen (secondary N) is 2. The summed E-state index contributed by atoms with van der Waals surface area (Å²) in [5.74, 6) is -0.0119. The maximum Gasteiger partial charge on any atom is 0.225 e. The van der Waals surface area contributed by atoms with Crippen molar-refractivity contribution >= 4 is 23.2 Å². The largest absolute Gasteiger partial charge is 0.377 e. The highest BCUT2D eigenvalue weighted by molar-refractivity contribution is 6.30. The molecule has 0 spiro atoms. The third-order valence-corrected chi connectivity index (χ3v) is 3.27. The molecule has 1 unspecified atom stereocenters. The van der Waals surface area contributed by atoms with Gasteiger partial charge in [-0.15, -0.1) is 0 Å². The molecule has 19 heavy (non-hydrogen) atoms. The third kappa shape index (κ3) is 5.19. The fourth-order valence-electron chi connectivity index (χ4n) is 2.06. The van der Waals surface area contributed by atoms with Crippen LogP contribution >= 0.6 is 11.6 Å². The zero-order valence-corrected chi connectivity index (χ0v) is 11.6. The summed E-state index contributed by atoms with van der Waals surface area (Å²) in [5.41, 5.74) is 0.733. The summed E-state index contributed by atoms with van der Waals surface area (Å²) < 4.78 is 5.49. The van der Waals surface area contributed by atoms with Crippen LogP contribution in [-0.2, 0) is 9.53 Å². The average Bonchev–Trinajstić information content (AvgIpc) is 2.88. The van der Waals surface area contributed by atoms with E-state index in [4.69, 9.17) is 16.3 Å². The lowest BCUT2D eigenvalue weighted by Crippen LogP contribution is -2.29. The highest BCUT2D eigenvalue weighted by Crippen LogP contribution is 2.15. The monoisotopic (exact) mass is 282 g/mol. The van der Waals surface area contributed by atoms with Crippen LogP contribution in [0.5, 0.6) is 0 Å². The van der Waals surface area contributed by atoms with Crippen molar-refractivity contribution in [3.63, 3.8) is 0 Å². The van der Waals surface area contributed by atoms with Gasteiger partial charge < -0.3 is 15.4 Å². The van der Waals surface area contributed by atoms with Crippen molar-refractivity contribution < 1.29 is 9.53 Å². The van der Waals surface area contributed by atoms with Gasteiger partial charge in [-0.3, -0.25) is 4.79 Å². The summed E-state index contributed by atoms with van der Waals surface area (Å²) in [4.78, 5) is 11.7. The van der Waals surface area contributed by atoms with E-state index in [1.807, 2.05) is 12.1 Å². The Bertz CT molecular complexity index is 420. The number of hydrogen-bond donors (Lipinski definition) is 2. The number of carbonyl (C=O) groups excluding carboxylic acids is 1. The van der Waals surface area contributed by atoms with Gasteiger partial charge in [0.25, 0.3) is 0 Å². The zero-order valence-electron chi connectivity index (χ0n) is 10.8. The second-order valence-corrected chi connectivity index (χ2v) is 5.08. The van der Waals surface area contributed by atoms with Crippen LogP contribution in [0.3, 0.4) is 0 Å². The van der Waals surface area contributed by atoms with Crippen molar-refractivity contribution in [1.82, 2.24) is 5.32 Å². The summed E-state index contributed by atoms with van der Waals surface area (Å²) in [6.45, 7) is 2.35. The molecule has 1 amide bonds. The van der Waals surface area contributed by atoms with Gasteiger partial charge in [0.1, 0.15) is 0 Å². The highest BCUT2D eigenvalue weighted by Gasteiger charge is 2.14. The van der Waals surface area contributed by atoms with Crippen LogP contribution < -0.4 is 10.6 Å². The maximum absolute atomic E-state index is 11.7. The Hall–Kier alpha value is -1.10. The number of anilines is 1. The fourth-order valence-corrected chi connectivity index (χ4v) is 2.25. The van der Waals surface area contributed by atoms with Gasteiger partial charge in [-0.05, 0) is 31.0 Å². The number of carbonyl (C=O) groups is 1. The van der Waals surface area contributed by atoms with E-state index in [0.29, 0.717) is 24.1 Å². The molecule has 4 nitrogen and oxygen atoms in total. The second-order valence-electron chi connectivity index (χ2n) is 4.65. The summed E-state index contributed by atoms with van der Waals surface area (Å²) in [6.07, 6.45) is 3.01. The standard InChI is InChI=1S/C14H19ClN2O2/c15-11-3-1-4-12(9-11)17-14(18)6-7-16-10-13-5-2-8-19-13/h1,3-4,9,13,16H,2,5-8,10H2,(H,17,18). The molecule has 0 aromatic heterocycles. The molecule has 1 fully saturated rings. The van der Waals surface area contributed by atoms with Gasteiger partial charge in [0.05, 0.1) is 6.10 Å². The van der Waals surface area contributed by atoms with E-state index in [-0.39, 0.29) is 5.91 Å². The smallest absolute Gasteiger partial charge is 0.225 e. The maximum atomic E-state index is 11.7. The van der Waals surface area contributed by atoms with Crippen LogP contribution in [0.4, 0.5) is 5.69 Å². The van der Waals surface area contributed by atoms with Crippen LogP contribution in [0.15, 0.2) is 24.3 Å². The minimum atomic E-state index is -0.0119. The second kappa shape index (κ2) is 7.48. The summed E-state index contributed by atoms with van der Waals surface area (Å²) >= 11 is 5.85. The van der Waals surface area contributed by atoms with E-state index < -0.39 is 0 Å². The number of amides is 1. The van der Waals surface area contributed by atoms with E-state index >= 15 is 0 Å². The van der Waals surface area contributed by atoms with E-state index in [2.05, 4.69) is 10.6 Å². The molecule has 0 saturated carbocycles. The van der Waals surface area contributed by atoms with Gasteiger partial charge in [0.15, 0.2) is 0 Å². The topological polar surface area (TPSA) is 50.4 Å². The van der Waals surface area contributed by atoms with Gasteiger partial charge in [-0.2, -0.15) is 0 Å². The first-order valence-corrected chi connectivity index (χ1v) is 6.99. The van der Waals surface area contributed by atoms with Crippen molar-refractivity contribution in [3.8, 4) is 0 Å². The lowest BCUT2D eigenvalue weighted by Gasteiger charge is -2.10. The normalized spacial score (nSPS) is 18.5. The van der Waals surface area contributed by atoms with E-state index in [0.717, 1.165) is 31.7 Å². The first-order valence-electron chi connectivity index (χ1n) is 6.62. The van der Waals surface area contributed by atoms with Crippen LogP contribution in [0, 0.1) is 0 Å². The predicted molar refractivity (Wildman–Crippen MR) is 76.5 cm³/mol. The Morgan fingerprint density at radius 2 is 2.37 bits per heavy atom. The number of hydrogen-bond acceptors (Lipinski definition) is 3. The van der Waals surface area contributed by atoms with Gasteiger partial charge >= 0.3 is 0 Å². The molecule has 1 atom stereocenters. The van der Waals surface area contributed by atoms with Crippen molar-refractivity contribution in [1.29, 1.82) is 0 Å². The van der Waals surface area contributed by atoms with E-state index in [1.54, 1.807) is 12.1 Å². The molecule has 1 aliphatic rings. The summed E-state index contributed by atoms with van der Waals surface area (Å²) in [5, 5.41) is 6.68. The van der Waals surface area contributed by atoms with Crippen molar-refractivity contribution in [2.24, 2.45) is 0 Å². The molecule has 0 radical (unpaired) electrons. The molecule has 2 N–H and O–H groups in total. The molecule has 0 bridgehead atoms. The molecular weight excluding hydrogens is 264 g/mol. The molecular formula is C14H19ClN2O2. The van der Waals surface area contributed by atoms with Gasteiger partial charge in [0.2, 0.25) is 5.91 Å². The van der Waals surface area contributed by atoms with Gasteiger partial charge in [0, 0.05) is 36.8 Å². The Kier molecular flexibility index (Phi) is 5.63. The lowest BCUT2D eigenvalue weighted by molar-refractivity contribution is -0.116. The SMILES string of the molecule is O=C(CCNCC1CCCO1)Nc1cccc(Cl)c1. The number of halogens is 1. The molecule has 1 aromatic carbocycles. The van der Waals surface area contributed by atoms with E-state index in [9.17, 15) is 4.79 Å². The molecule has 5 heteroatoms. The quantitative estimate of drug-likeness (QED) is 0.788. The Labute approximate surface area is 118 Å². The van der Waals surface area contributed by atoms with Gasteiger partial charge in [-0.1, -0.05) is 17.7 Å². The molecule has 1 aromatic rings. The first-order chi connectivity index (χ1) is 9.24. The molecule has 2 rings (SSSR count). The Morgan fingerprint density at radius 1 is 1.47 bits per heavy atom. The number of rotatable bonds is 6. The van der Waals surface area contributed by atoms with Crippen molar-refractivity contribution in [2.75, 3.05) is 25.0 Å². The van der Waals surface area contributed by atoms with Crippen LogP contribution in [0.2, 0.25) is 5.02 Å². The first kappa shape index (κ1) is 14.3. The molecule has 1 saturated heterocycles. The van der Waals surface area contributed by atoms with E-state index in [1.165, 1.54) is 0 Å². The summed E-state index contributed by atoms with van der Waals surface area (Å²) in [6, 6.07) is 7.15. The van der Waals surface area contributed by atoms with Crippen LogP contribution in [0.25, 0.3) is 0 Å². The Morgan fingerprint density at radius 3 is 3.11 bits per heavy atom. The highest BCUT2D eigenvalue weighted by atomic mass is 35.5. The van der Waals surface area contributed by atoms with Crippen LogP contribution in [0.1, 0.15) is 19.3 Å². The third-order valence-electron chi connectivity index (χ3n) is 3.03. The lowest BCUT2D eigenvalue weighted by atomic mass is 10.2. The molecule has 1 aliphatic heterocycles. The summed E-state index contributed by atoms with van der Waals surface area (Å²) in [7, 11) is 0. The minimum Gasteiger partial charge on any atom is -0.377 e. The average molecular weight is 283 g/mol. The van der Waals surface area contributed by atoms with Crippen LogP contribution in [-0.4, -0.2) is 31.7 Å². The van der Waals surface area contributed by atoms with Gasteiger partial charge in [-0.25, -0.2) is 0 Å². The molecule has 104 valence electrons. The number of ether oxygens (including phenoxy) is 1. The van der Waals surface area contributed by atoms with Crippen molar-refractivity contribution in [3.05, 3.63) is 29.3 Å². The molecule has 0 aliphatic carbocycles. The predicted octanol–water partition coefficient (Wildman–Crippen LogP) is 2.44. The minimum absolute atomic E-state index is 0.0119. The fraction of sp³-hybridized carbons (Fsp3) is 0.500. The Balaban J connectivity index is 1.61. The number of benzene rings is 1. The van der Waals surface area contributed by atoms with Crippen molar-refractivity contribution in [2.45, 2.75) is 25.4 Å². The molecule has 1 heterocycles. The zero-order chi connectivity index (χ0) is 13.5.